The van der Waals surface area contributed by atoms with Crippen LogP contribution in [0.2, 0.25) is 0 Å². The highest BCUT2D eigenvalue weighted by molar-refractivity contribution is 5.69. The minimum Gasteiger partial charge on any atom is -0.508 e. The Morgan fingerprint density at radius 1 is 1.26 bits per heavy atom. The Morgan fingerprint density at radius 3 is 2.68 bits per heavy atom. The van der Waals surface area contributed by atoms with Crippen molar-refractivity contribution in [1.82, 2.24) is 4.90 Å². The molecule has 1 saturated heterocycles. The minimum absolute atomic E-state index is 0.153. The minimum atomic E-state index is -0.739. The van der Waals surface area contributed by atoms with E-state index >= 15 is 0 Å². The second-order valence-corrected chi connectivity index (χ2v) is 5.22. The van der Waals surface area contributed by atoms with Gasteiger partial charge in [0.15, 0.2) is 0 Å². The topological polar surface area (TPSA) is 60.8 Å². The Kier molecular flexibility index (Phi) is 4.80. The number of rotatable bonds is 5. The molecule has 0 radical (unpaired) electrons. The first-order chi connectivity index (χ1) is 9.15. The number of piperidine rings is 1. The normalized spacial score (nSPS) is 20.3. The van der Waals surface area contributed by atoms with E-state index in [1.165, 1.54) is 12.0 Å². The number of phenols is 1. The van der Waals surface area contributed by atoms with Crippen molar-refractivity contribution in [3.63, 3.8) is 0 Å². The van der Waals surface area contributed by atoms with Gasteiger partial charge in [0.1, 0.15) is 5.75 Å². The van der Waals surface area contributed by atoms with Crippen LogP contribution in [0.4, 0.5) is 0 Å². The zero-order chi connectivity index (χ0) is 13.7. The number of benzene rings is 1. The molecular weight excluding hydrogens is 242 g/mol. The van der Waals surface area contributed by atoms with Gasteiger partial charge in [0.05, 0.1) is 6.54 Å². The van der Waals surface area contributed by atoms with Gasteiger partial charge in [-0.3, -0.25) is 9.69 Å². The lowest BCUT2D eigenvalue weighted by atomic mass is 9.96. The van der Waals surface area contributed by atoms with Gasteiger partial charge in [-0.2, -0.15) is 0 Å². The third-order valence-corrected chi connectivity index (χ3v) is 3.79. The number of carbonyl (C=O) groups is 1. The van der Waals surface area contributed by atoms with E-state index in [0.29, 0.717) is 6.04 Å². The van der Waals surface area contributed by atoms with Crippen LogP contribution in [-0.2, 0) is 11.2 Å². The van der Waals surface area contributed by atoms with Crippen LogP contribution in [-0.4, -0.2) is 40.2 Å². The summed E-state index contributed by atoms with van der Waals surface area (Å²) >= 11 is 0. The van der Waals surface area contributed by atoms with E-state index in [1.807, 2.05) is 12.1 Å². The summed E-state index contributed by atoms with van der Waals surface area (Å²) in [4.78, 5) is 12.9. The summed E-state index contributed by atoms with van der Waals surface area (Å²) in [5.41, 5.74) is 1.19. The number of phenolic OH excluding ortho intramolecular Hbond substituents is 1. The molecule has 1 heterocycles. The number of hydrogen-bond acceptors (Lipinski definition) is 3. The highest BCUT2D eigenvalue weighted by atomic mass is 16.4. The van der Waals surface area contributed by atoms with Crippen molar-refractivity contribution in [1.29, 1.82) is 0 Å². The quantitative estimate of drug-likeness (QED) is 0.855. The summed E-state index contributed by atoms with van der Waals surface area (Å²) in [5, 5.41) is 18.2. The molecule has 1 aliphatic rings. The van der Waals surface area contributed by atoms with Crippen LogP contribution in [0.15, 0.2) is 24.3 Å². The molecule has 0 aliphatic carbocycles. The number of carboxylic acids is 1. The SMILES string of the molecule is O=C(O)CN1CCCCC1CCc1ccc(O)cc1. The monoisotopic (exact) mass is 263 g/mol. The molecule has 104 valence electrons. The first-order valence-electron chi connectivity index (χ1n) is 6.89. The third kappa shape index (κ3) is 4.24. The number of nitrogens with zero attached hydrogens (tertiary/aromatic N) is 1. The maximum Gasteiger partial charge on any atom is 0.317 e. The molecule has 0 amide bonds. The van der Waals surface area contributed by atoms with E-state index in [0.717, 1.165) is 32.2 Å². The second kappa shape index (κ2) is 6.57. The first kappa shape index (κ1) is 13.9. The van der Waals surface area contributed by atoms with Gasteiger partial charge in [0.2, 0.25) is 0 Å². The average Bonchev–Trinajstić information content (AvgIpc) is 2.39. The van der Waals surface area contributed by atoms with Gasteiger partial charge in [-0.1, -0.05) is 18.6 Å². The predicted molar refractivity (Wildman–Crippen MR) is 73.3 cm³/mol. The zero-order valence-corrected chi connectivity index (χ0v) is 11.1. The summed E-state index contributed by atoms with van der Waals surface area (Å²) in [6.45, 7) is 1.05. The molecule has 0 spiro atoms. The Bertz CT molecular complexity index is 416. The summed E-state index contributed by atoms with van der Waals surface area (Å²) in [5.74, 6) is -0.453. The van der Waals surface area contributed by atoms with E-state index in [4.69, 9.17) is 5.11 Å². The molecule has 1 aliphatic heterocycles. The van der Waals surface area contributed by atoms with Crippen molar-refractivity contribution in [2.75, 3.05) is 13.1 Å². The lowest BCUT2D eigenvalue weighted by Crippen LogP contribution is -2.42. The predicted octanol–water partition coefficient (Wildman–Crippen LogP) is 2.26. The van der Waals surface area contributed by atoms with E-state index < -0.39 is 5.97 Å². The maximum atomic E-state index is 10.9. The maximum absolute atomic E-state index is 10.9. The lowest BCUT2D eigenvalue weighted by molar-refractivity contribution is -0.139. The van der Waals surface area contributed by atoms with Crippen molar-refractivity contribution in [2.45, 2.75) is 38.1 Å². The Hall–Kier alpha value is -1.55. The molecule has 1 aromatic rings. The third-order valence-electron chi connectivity index (χ3n) is 3.79. The molecule has 1 fully saturated rings. The number of aliphatic carboxylic acids is 1. The van der Waals surface area contributed by atoms with E-state index in [1.54, 1.807) is 12.1 Å². The highest BCUT2D eigenvalue weighted by Crippen LogP contribution is 2.21. The van der Waals surface area contributed by atoms with Crippen molar-refractivity contribution in [3.05, 3.63) is 29.8 Å². The Morgan fingerprint density at radius 2 is 2.00 bits per heavy atom. The highest BCUT2D eigenvalue weighted by Gasteiger charge is 2.23. The average molecular weight is 263 g/mol. The van der Waals surface area contributed by atoms with E-state index in [2.05, 4.69) is 4.90 Å². The first-order valence-corrected chi connectivity index (χ1v) is 6.89. The molecule has 19 heavy (non-hydrogen) atoms. The fraction of sp³-hybridized carbons (Fsp3) is 0.533. The van der Waals surface area contributed by atoms with Crippen LogP contribution in [0.5, 0.6) is 5.75 Å². The molecule has 4 heteroatoms. The van der Waals surface area contributed by atoms with Crippen LogP contribution in [0.25, 0.3) is 0 Å². The fourth-order valence-electron chi connectivity index (χ4n) is 2.76. The van der Waals surface area contributed by atoms with Crippen LogP contribution in [0.3, 0.4) is 0 Å². The molecule has 2 rings (SSSR count). The van der Waals surface area contributed by atoms with Crippen LogP contribution < -0.4 is 0 Å². The van der Waals surface area contributed by atoms with Gasteiger partial charge >= 0.3 is 5.97 Å². The van der Waals surface area contributed by atoms with E-state index in [9.17, 15) is 9.90 Å². The van der Waals surface area contributed by atoms with Crippen LogP contribution >= 0.6 is 0 Å². The summed E-state index contributed by atoms with van der Waals surface area (Å²) < 4.78 is 0. The fourth-order valence-corrected chi connectivity index (χ4v) is 2.76. The number of hydrogen-bond donors (Lipinski definition) is 2. The van der Waals surface area contributed by atoms with Gasteiger partial charge in [-0.05, 0) is 49.9 Å². The summed E-state index contributed by atoms with van der Waals surface area (Å²) in [6.07, 6.45) is 5.30. The standard InChI is InChI=1S/C15H21NO3/c17-14-8-5-12(6-9-14)4-7-13-3-1-2-10-16(13)11-15(18)19/h5-6,8-9,13,17H,1-4,7,10-11H2,(H,18,19). The Balaban J connectivity index is 1.88. The van der Waals surface area contributed by atoms with Gasteiger partial charge in [-0.15, -0.1) is 0 Å². The number of aryl methyl sites for hydroxylation is 1. The number of carboxylic acid groups (broad SMARTS) is 1. The van der Waals surface area contributed by atoms with Crippen LogP contribution in [0.1, 0.15) is 31.2 Å². The summed E-state index contributed by atoms with van der Waals surface area (Å²) in [7, 11) is 0. The van der Waals surface area contributed by atoms with Gasteiger partial charge in [-0.25, -0.2) is 0 Å². The van der Waals surface area contributed by atoms with Crippen molar-refractivity contribution in [3.8, 4) is 5.75 Å². The molecular formula is C15H21NO3. The van der Waals surface area contributed by atoms with Crippen LogP contribution in [0, 0.1) is 0 Å². The van der Waals surface area contributed by atoms with Gasteiger partial charge in [0, 0.05) is 6.04 Å². The molecule has 0 bridgehead atoms. The van der Waals surface area contributed by atoms with Crippen molar-refractivity contribution < 1.29 is 15.0 Å². The molecule has 1 unspecified atom stereocenters. The lowest BCUT2D eigenvalue weighted by Gasteiger charge is -2.34. The largest absolute Gasteiger partial charge is 0.508 e. The number of aromatic hydroxyl groups is 1. The molecule has 0 saturated carbocycles. The van der Waals surface area contributed by atoms with E-state index in [-0.39, 0.29) is 12.3 Å². The smallest absolute Gasteiger partial charge is 0.317 e. The van der Waals surface area contributed by atoms with Crippen molar-refractivity contribution in [2.24, 2.45) is 0 Å². The van der Waals surface area contributed by atoms with Gasteiger partial charge < -0.3 is 10.2 Å². The molecule has 1 atom stereocenters. The van der Waals surface area contributed by atoms with Crippen molar-refractivity contribution >= 4 is 5.97 Å². The van der Waals surface area contributed by atoms with Gasteiger partial charge in [0.25, 0.3) is 0 Å². The molecule has 0 aromatic heterocycles. The second-order valence-electron chi connectivity index (χ2n) is 5.22. The molecule has 4 nitrogen and oxygen atoms in total. The summed E-state index contributed by atoms with van der Waals surface area (Å²) in [6, 6.07) is 7.63. The Labute approximate surface area is 113 Å². The molecule has 2 N–H and O–H groups in total. The molecule has 1 aromatic carbocycles. The zero-order valence-electron chi connectivity index (χ0n) is 11.1. The number of likely N-dealkylation sites (tertiary alicyclic amines) is 1.